The second-order valence-corrected chi connectivity index (χ2v) is 6.85. The van der Waals surface area contributed by atoms with E-state index in [9.17, 15) is 13.5 Å². The van der Waals surface area contributed by atoms with E-state index in [0.717, 1.165) is 5.56 Å². The van der Waals surface area contributed by atoms with Crippen LogP contribution in [0.15, 0.2) is 18.2 Å². The van der Waals surface area contributed by atoms with E-state index < -0.39 is 15.9 Å². The lowest BCUT2D eigenvalue weighted by Gasteiger charge is -2.16. The Kier molecular flexibility index (Phi) is 5.78. The Balaban J connectivity index is 2.58. The summed E-state index contributed by atoms with van der Waals surface area (Å²) in [5, 5.41) is 13.0. The normalized spacial score (nSPS) is 13.3. The zero-order valence-electron chi connectivity index (χ0n) is 11.5. The Bertz CT molecular complexity index is 513. The van der Waals surface area contributed by atoms with E-state index in [-0.39, 0.29) is 12.3 Å². The number of nitrogens with one attached hydrogen (secondary N) is 1. The van der Waals surface area contributed by atoms with Gasteiger partial charge in [0.2, 0.25) is 0 Å². The van der Waals surface area contributed by atoms with Gasteiger partial charge in [-0.3, -0.25) is 0 Å². The molecule has 19 heavy (non-hydrogen) atoms. The van der Waals surface area contributed by atoms with Gasteiger partial charge in [0.1, 0.15) is 15.6 Å². The molecule has 108 valence electrons. The van der Waals surface area contributed by atoms with Crippen LogP contribution in [0.1, 0.15) is 17.2 Å². The van der Waals surface area contributed by atoms with Crippen LogP contribution < -0.4 is 10.1 Å². The van der Waals surface area contributed by atoms with Crippen molar-refractivity contribution in [3.05, 3.63) is 29.3 Å². The lowest BCUT2D eigenvalue weighted by atomic mass is 10.1. The molecular formula is C13H21NO4S. The summed E-state index contributed by atoms with van der Waals surface area (Å²) in [5.41, 5.74) is 1.74. The van der Waals surface area contributed by atoms with Crippen LogP contribution in [0.25, 0.3) is 0 Å². The molecule has 6 heteroatoms. The van der Waals surface area contributed by atoms with Crippen LogP contribution in [0.2, 0.25) is 0 Å². The molecule has 1 aromatic carbocycles. The summed E-state index contributed by atoms with van der Waals surface area (Å²) in [4.78, 5) is 0. The first-order chi connectivity index (χ1) is 8.83. The maximum Gasteiger partial charge on any atom is 0.148 e. The van der Waals surface area contributed by atoms with Gasteiger partial charge in [-0.05, 0) is 19.1 Å². The minimum Gasteiger partial charge on any atom is -0.496 e. The Morgan fingerprint density at radius 2 is 2.11 bits per heavy atom. The SMILES string of the molecule is COc1ccc(C)cc1C(O)CNCCS(C)(=O)=O. The predicted octanol–water partition coefficient (Wildman–Crippen LogP) is 0.671. The zero-order valence-corrected chi connectivity index (χ0v) is 12.3. The van der Waals surface area contributed by atoms with Crippen molar-refractivity contribution < 1.29 is 18.3 Å². The van der Waals surface area contributed by atoms with Crippen molar-refractivity contribution in [1.82, 2.24) is 5.32 Å². The summed E-state index contributed by atoms with van der Waals surface area (Å²) in [6.07, 6.45) is 0.462. The molecule has 0 spiro atoms. The van der Waals surface area contributed by atoms with Gasteiger partial charge in [-0.15, -0.1) is 0 Å². The van der Waals surface area contributed by atoms with E-state index in [1.807, 2.05) is 25.1 Å². The first kappa shape index (κ1) is 15.9. The summed E-state index contributed by atoms with van der Waals surface area (Å²) in [6, 6.07) is 5.58. The van der Waals surface area contributed by atoms with Gasteiger partial charge in [-0.1, -0.05) is 11.6 Å². The van der Waals surface area contributed by atoms with Crippen molar-refractivity contribution in [2.24, 2.45) is 0 Å². The number of aliphatic hydroxyl groups excluding tert-OH is 1. The van der Waals surface area contributed by atoms with Crippen LogP contribution in [0.3, 0.4) is 0 Å². The minimum absolute atomic E-state index is 0.0602. The van der Waals surface area contributed by atoms with Crippen molar-refractivity contribution in [2.75, 3.05) is 32.2 Å². The average Bonchev–Trinajstić information content (AvgIpc) is 2.33. The number of rotatable bonds is 7. The molecule has 1 aromatic rings. The molecule has 0 radical (unpaired) electrons. The molecule has 0 aliphatic carbocycles. The number of ether oxygens (including phenoxy) is 1. The molecule has 1 unspecified atom stereocenters. The van der Waals surface area contributed by atoms with Gasteiger partial charge in [-0.25, -0.2) is 8.42 Å². The maximum atomic E-state index is 11.0. The van der Waals surface area contributed by atoms with Crippen molar-refractivity contribution in [2.45, 2.75) is 13.0 Å². The molecule has 0 aliphatic rings. The number of sulfone groups is 1. The number of aliphatic hydroxyl groups is 1. The molecule has 0 aliphatic heterocycles. The van der Waals surface area contributed by atoms with Crippen molar-refractivity contribution in [3.8, 4) is 5.75 Å². The van der Waals surface area contributed by atoms with Crippen LogP contribution in [-0.2, 0) is 9.84 Å². The second kappa shape index (κ2) is 6.88. The lowest BCUT2D eigenvalue weighted by Crippen LogP contribution is -2.27. The molecule has 0 saturated heterocycles. The fraction of sp³-hybridized carbons (Fsp3) is 0.538. The molecule has 0 bridgehead atoms. The number of benzene rings is 1. The van der Waals surface area contributed by atoms with Gasteiger partial charge in [0.05, 0.1) is 19.0 Å². The third-order valence-corrected chi connectivity index (χ3v) is 3.68. The van der Waals surface area contributed by atoms with Gasteiger partial charge in [0.15, 0.2) is 0 Å². The fourth-order valence-corrected chi connectivity index (χ4v) is 2.24. The Hall–Kier alpha value is -1.11. The summed E-state index contributed by atoms with van der Waals surface area (Å²) < 4.78 is 27.1. The number of hydrogen-bond acceptors (Lipinski definition) is 5. The van der Waals surface area contributed by atoms with Crippen LogP contribution >= 0.6 is 0 Å². The molecule has 0 fully saturated rings. The van der Waals surface area contributed by atoms with Crippen molar-refractivity contribution in [3.63, 3.8) is 0 Å². The lowest BCUT2D eigenvalue weighted by molar-refractivity contribution is 0.171. The number of methoxy groups -OCH3 is 1. The van der Waals surface area contributed by atoms with Gasteiger partial charge in [0.25, 0.3) is 0 Å². The van der Waals surface area contributed by atoms with Gasteiger partial charge < -0.3 is 15.2 Å². The van der Waals surface area contributed by atoms with E-state index >= 15 is 0 Å². The van der Waals surface area contributed by atoms with Crippen LogP contribution in [0.4, 0.5) is 0 Å². The summed E-state index contributed by atoms with van der Waals surface area (Å²) in [7, 11) is -1.42. The molecular weight excluding hydrogens is 266 g/mol. The highest BCUT2D eigenvalue weighted by Gasteiger charge is 2.13. The molecule has 5 nitrogen and oxygen atoms in total. The highest BCUT2D eigenvalue weighted by atomic mass is 32.2. The van der Waals surface area contributed by atoms with Crippen molar-refractivity contribution >= 4 is 9.84 Å². The maximum absolute atomic E-state index is 11.0. The van der Waals surface area contributed by atoms with E-state index in [0.29, 0.717) is 17.9 Å². The fourth-order valence-electron chi connectivity index (χ4n) is 1.72. The van der Waals surface area contributed by atoms with E-state index in [2.05, 4.69) is 5.32 Å². The quantitative estimate of drug-likeness (QED) is 0.721. The topological polar surface area (TPSA) is 75.6 Å². The van der Waals surface area contributed by atoms with Crippen molar-refractivity contribution in [1.29, 1.82) is 0 Å². The van der Waals surface area contributed by atoms with Gasteiger partial charge in [-0.2, -0.15) is 0 Å². The van der Waals surface area contributed by atoms with Crippen LogP contribution in [-0.4, -0.2) is 45.7 Å². The standard InChI is InChI=1S/C13H21NO4S/c1-10-4-5-13(18-2)11(8-10)12(15)9-14-6-7-19(3,16)17/h4-5,8,12,14-15H,6-7,9H2,1-3H3. The summed E-state index contributed by atoms with van der Waals surface area (Å²) in [5.74, 6) is 0.688. The van der Waals surface area contributed by atoms with E-state index in [1.165, 1.54) is 6.26 Å². The molecule has 0 aromatic heterocycles. The highest BCUT2D eigenvalue weighted by Crippen LogP contribution is 2.25. The van der Waals surface area contributed by atoms with Crippen LogP contribution in [0.5, 0.6) is 5.75 Å². The van der Waals surface area contributed by atoms with Gasteiger partial charge in [0, 0.05) is 24.9 Å². The third-order valence-electron chi connectivity index (χ3n) is 2.73. The third kappa shape index (κ3) is 5.59. The molecule has 2 N–H and O–H groups in total. The highest BCUT2D eigenvalue weighted by molar-refractivity contribution is 7.90. The smallest absolute Gasteiger partial charge is 0.148 e. The summed E-state index contributed by atoms with van der Waals surface area (Å²) >= 11 is 0. The van der Waals surface area contributed by atoms with Crippen LogP contribution in [0, 0.1) is 6.92 Å². The second-order valence-electron chi connectivity index (χ2n) is 4.60. The molecule has 0 saturated carbocycles. The molecule has 0 amide bonds. The van der Waals surface area contributed by atoms with E-state index in [4.69, 9.17) is 4.74 Å². The Morgan fingerprint density at radius 3 is 2.68 bits per heavy atom. The zero-order chi connectivity index (χ0) is 14.5. The molecule has 1 rings (SSSR count). The monoisotopic (exact) mass is 287 g/mol. The summed E-state index contributed by atoms with van der Waals surface area (Å²) in [6.45, 7) is 2.55. The Morgan fingerprint density at radius 1 is 1.42 bits per heavy atom. The Labute approximate surface area is 114 Å². The molecule has 0 heterocycles. The first-order valence-electron chi connectivity index (χ1n) is 6.04. The largest absolute Gasteiger partial charge is 0.496 e. The minimum atomic E-state index is -2.98. The predicted molar refractivity (Wildman–Crippen MR) is 75.3 cm³/mol. The average molecular weight is 287 g/mol. The number of hydrogen-bond donors (Lipinski definition) is 2. The van der Waals surface area contributed by atoms with Gasteiger partial charge >= 0.3 is 0 Å². The van der Waals surface area contributed by atoms with E-state index in [1.54, 1.807) is 7.11 Å². The molecule has 1 atom stereocenters. The number of aryl methyl sites for hydroxylation is 1. The first-order valence-corrected chi connectivity index (χ1v) is 8.10.